The number of rotatable bonds is 10. The van der Waals surface area contributed by atoms with Crippen molar-refractivity contribution in [2.24, 2.45) is 0 Å². The zero-order chi connectivity index (χ0) is 27.3. The molecule has 0 spiro atoms. The first-order chi connectivity index (χ1) is 17.4. The number of carbonyl (C=O) groups is 1. The Morgan fingerprint density at radius 3 is 2.19 bits per heavy atom. The smallest absolute Gasteiger partial charge is 0.269 e. The number of non-ortho nitro benzene ring substituents is 1. The van der Waals surface area contributed by atoms with Crippen LogP contribution in [-0.2, 0) is 14.8 Å². The topological polar surface area (TPSA) is 119 Å². The van der Waals surface area contributed by atoms with E-state index in [9.17, 15) is 23.3 Å². The first kappa shape index (κ1) is 27.7. The van der Waals surface area contributed by atoms with Crippen LogP contribution in [0, 0.1) is 17.0 Å². The summed E-state index contributed by atoms with van der Waals surface area (Å²) in [5.74, 6) is 0.450. The molecule has 10 heteroatoms. The third-order valence-electron chi connectivity index (χ3n) is 6.05. The molecule has 1 amide bonds. The van der Waals surface area contributed by atoms with E-state index in [0.29, 0.717) is 0 Å². The number of anilines is 1. The molecule has 0 radical (unpaired) electrons. The maximum absolute atomic E-state index is 13.5. The Morgan fingerprint density at radius 1 is 1.03 bits per heavy atom. The molecule has 0 saturated heterocycles. The number of aryl methyl sites for hydroxylation is 1. The van der Waals surface area contributed by atoms with Crippen molar-refractivity contribution in [3.63, 3.8) is 0 Å². The van der Waals surface area contributed by atoms with Crippen LogP contribution in [0.25, 0.3) is 0 Å². The Kier molecular flexibility index (Phi) is 8.54. The number of benzene rings is 3. The molecular formula is C27H31N3O6S. The van der Waals surface area contributed by atoms with Crippen molar-refractivity contribution in [3.05, 3.63) is 93.5 Å². The summed E-state index contributed by atoms with van der Waals surface area (Å²) in [6.45, 7) is 7.35. The van der Waals surface area contributed by atoms with E-state index in [-0.39, 0.29) is 22.2 Å². The molecule has 3 aromatic carbocycles. The van der Waals surface area contributed by atoms with Crippen LogP contribution in [0.15, 0.2) is 71.6 Å². The van der Waals surface area contributed by atoms with Crippen LogP contribution in [0.2, 0.25) is 0 Å². The van der Waals surface area contributed by atoms with E-state index in [2.05, 4.69) is 19.2 Å². The normalized spacial score (nSPS) is 12.2. The van der Waals surface area contributed by atoms with Crippen LogP contribution in [0.5, 0.6) is 5.75 Å². The summed E-state index contributed by atoms with van der Waals surface area (Å²) in [6.07, 6.45) is 0. The number of nitro groups is 1. The summed E-state index contributed by atoms with van der Waals surface area (Å²) < 4.78 is 33.4. The van der Waals surface area contributed by atoms with Gasteiger partial charge in [0, 0.05) is 12.1 Å². The number of nitrogens with one attached hydrogen (secondary N) is 1. The third-order valence-corrected chi connectivity index (χ3v) is 7.84. The molecule has 0 bridgehead atoms. The highest BCUT2D eigenvalue weighted by atomic mass is 32.2. The van der Waals surface area contributed by atoms with Gasteiger partial charge in [0.1, 0.15) is 12.3 Å². The van der Waals surface area contributed by atoms with Gasteiger partial charge < -0.3 is 10.1 Å². The number of ether oxygens (including phenoxy) is 1. The Hall–Kier alpha value is -3.92. The predicted octanol–water partition coefficient (Wildman–Crippen LogP) is 5.11. The van der Waals surface area contributed by atoms with Crippen LogP contribution < -0.4 is 14.4 Å². The van der Waals surface area contributed by atoms with E-state index in [1.54, 1.807) is 25.3 Å². The molecule has 0 aliphatic carbocycles. The second-order valence-corrected chi connectivity index (χ2v) is 10.9. The maximum atomic E-state index is 13.5. The summed E-state index contributed by atoms with van der Waals surface area (Å²) >= 11 is 0. The second-order valence-electron chi connectivity index (χ2n) is 8.99. The molecule has 1 N–H and O–H groups in total. The Bertz CT molecular complexity index is 1370. The number of nitrogens with zero attached hydrogens (tertiary/aromatic N) is 2. The second kappa shape index (κ2) is 11.4. The number of hydrogen-bond donors (Lipinski definition) is 1. The molecule has 0 aliphatic heterocycles. The highest BCUT2D eigenvalue weighted by Gasteiger charge is 2.28. The van der Waals surface area contributed by atoms with Crippen molar-refractivity contribution in [2.45, 2.75) is 44.6 Å². The zero-order valence-corrected chi connectivity index (χ0v) is 22.3. The minimum atomic E-state index is -4.13. The fourth-order valence-electron chi connectivity index (χ4n) is 4.08. The van der Waals surface area contributed by atoms with Crippen LogP contribution in [0.3, 0.4) is 0 Å². The zero-order valence-electron chi connectivity index (χ0n) is 21.5. The lowest BCUT2D eigenvalue weighted by Gasteiger charge is -2.26. The summed E-state index contributed by atoms with van der Waals surface area (Å²) in [5, 5.41) is 14.0. The van der Waals surface area contributed by atoms with E-state index in [1.165, 1.54) is 36.4 Å². The van der Waals surface area contributed by atoms with Gasteiger partial charge in [-0.1, -0.05) is 32.0 Å². The van der Waals surface area contributed by atoms with Crippen molar-refractivity contribution in [3.8, 4) is 5.75 Å². The van der Waals surface area contributed by atoms with Crippen LogP contribution in [0.1, 0.15) is 49.4 Å². The van der Waals surface area contributed by atoms with Gasteiger partial charge in [0.05, 0.1) is 28.7 Å². The monoisotopic (exact) mass is 525 g/mol. The SMILES string of the molecule is COc1cc(C)c([C@@H](C)NC(=O)CN(c2ccc([N+](=O)[O-])cc2)S(=O)(=O)c2ccccc2)cc1C(C)C. The molecule has 9 nitrogen and oxygen atoms in total. The number of hydrogen-bond acceptors (Lipinski definition) is 6. The third kappa shape index (κ3) is 6.26. The fourth-order valence-corrected chi connectivity index (χ4v) is 5.52. The van der Waals surface area contributed by atoms with Gasteiger partial charge in [-0.15, -0.1) is 0 Å². The van der Waals surface area contributed by atoms with Gasteiger partial charge >= 0.3 is 0 Å². The Labute approximate surface area is 217 Å². The Morgan fingerprint density at radius 2 is 1.65 bits per heavy atom. The summed E-state index contributed by atoms with van der Waals surface area (Å²) in [6, 6.07) is 16.3. The van der Waals surface area contributed by atoms with Crippen molar-refractivity contribution >= 4 is 27.3 Å². The van der Waals surface area contributed by atoms with E-state index in [1.807, 2.05) is 26.0 Å². The number of sulfonamides is 1. The molecule has 0 aromatic heterocycles. The quantitative estimate of drug-likeness (QED) is 0.290. The number of amides is 1. The lowest BCUT2D eigenvalue weighted by Crippen LogP contribution is -2.41. The summed E-state index contributed by atoms with van der Waals surface area (Å²) in [4.78, 5) is 23.7. The van der Waals surface area contributed by atoms with Gasteiger partial charge in [0.25, 0.3) is 15.7 Å². The first-order valence-electron chi connectivity index (χ1n) is 11.8. The van der Waals surface area contributed by atoms with Gasteiger partial charge in [0.15, 0.2) is 0 Å². The molecule has 0 saturated carbocycles. The molecule has 196 valence electrons. The van der Waals surface area contributed by atoms with Gasteiger partial charge in [-0.25, -0.2) is 8.42 Å². The minimum Gasteiger partial charge on any atom is -0.496 e. The molecule has 0 heterocycles. The van der Waals surface area contributed by atoms with Crippen LogP contribution in [0.4, 0.5) is 11.4 Å². The average Bonchev–Trinajstić information content (AvgIpc) is 2.87. The molecular weight excluding hydrogens is 494 g/mol. The molecule has 0 fully saturated rings. The van der Waals surface area contributed by atoms with Crippen LogP contribution in [-0.4, -0.2) is 32.9 Å². The van der Waals surface area contributed by atoms with Crippen molar-refractivity contribution in [1.82, 2.24) is 5.32 Å². The van der Waals surface area contributed by atoms with E-state index in [4.69, 9.17) is 4.74 Å². The molecule has 3 aromatic rings. The van der Waals surface area contributed by atoms with Gasteiger partial charge in [-0.3, -0.25) is 19.2 Å². The molecule has 3 rings (SSSR count). The number of carbonyl (C=O) groups excluding carboxylic acids is 1. The maximum Gasteiger partial charge on any atom is 0.269 e. The van der Waals surface area contributed by atoms with Gasteiger partial charge in [-0.05, 0) is 72.9 Å². The number of nitro benzene ring substituents is 1. The fraction of sp³-hybridized carbons (Fsp3) is 0.296. The highest BCUT2D eigenvalue weighted by molar-refractivity contribution is 7.92. The number of methoxy groups -OCH3 is 1. The average molecular weight is 526 g/mol. The minimum absolute atomic E-state index is 0.00164. The summed E-state index contributed by atoms with van der Waals surface area (Å²) in [5.41, 5.74) is 2.78. The predicted molar refractivity (Wildman–Crippen MR) is 142 cm³/mol. The van der Waals surface area contributed by atoms with E-state index >= 15 is 0 Å². The van der Waals surface area contributed by atoms with Gasteiger partial charge in [-0.2, -0.15) is 0 Å². The van der Waals surface area contributed by atoms with Crippen LogP contribution >= 0.6 is 0 Å². The molecule has 0 unspecified atom stereocenters. The summed E-state index contributed by atoms with van der Waals surface area (Å²) in [7, 11) is -2.52. The Balaban J connectivity index is 1.92. The molecule has 37 heavy (non-hydrogen) atoms. The lowest BCUT2D eigenvalue weighted by atomic mass is 9.93. The molecule has 1 atom stereocenters. The van der Waals surface area contributed by atoms with Crippen molar-refractivity contribution in [1.29, 1.82) is 0 Å². The largest absolute Gasteiger partial charge is 0.496 e. The van der Waals surface area contributed by atoms with Crippen molar-refractivity contribution < 1.29 is 22.9 Å². The van der Waals surface area contributed by atoms with Crippen molar-refractivity contribution in [2.75, 3.05) is 18.0 Å². The molecule has 0 aliphatic rings. The highest BCUT2D eigenvalue weighted by Crippen LogP contribution is 2.32. The van der Waals surface area contributed by atoms with Gasteiger partial charge in [0.2, 0.25) is 5.91 Å². The standard InChI is InChI=1S/C27H31N3O6S/c1-18(2)24-16-25(19(3)15-26(24)36-5)20(4)28-27(31)17-29(21-11-13-22(14-12-21)30(32)33)37(34,35)23-9-7-6-8-10-23/h6-16,18,20H,17H2,1-5H3,(H,28,31)/t20-/m1/s1. The van der Waals surface area contributed by atoms with E-state index in [0.717, 1.165) is 26.7 Å². The first-order valence-corrected chi connectivity index (χ1v) is 13.2. The lowest BCUT2D eigenvalue weighted by molar-refractivity contribution is -0.384. The van der Waals surface area contributed by atoms with E-state index < -0.39 is 33.4 Å².